The first-order valence-corrected chi connectivity index (χ1v) is 12.1. The predicted octanol–water partition coefficient (Wildman–Crippen LogP) is 7.11. The number of amides is 1. The van der Waals surface area contributed by atoms with E-state index >= 15 is 0 Å². The quantitative estimate of drug-likeness (QED) is 0.134. The number of nitrogens with one attached hydrogen (secondary N) is 1. The first-order valence-electron chi connectivity index (χ1n) is 10.5. The molecule has 1 aromatic heterocycles. The van der Waals surface area contributed by atoms with E-state index in [1.54, 1.807) is 31.7 Å². The Morgan fingerprint density at radius 1 is 1.50 bits per heavy atom. The summed E-state index contributed by atoms with van der Waals surface area (Å²) < 4.78 is 20.4. The van der Waals surface area contributed by atoms with Crippen LogP contribution in [0.2, 0.25) is 10.2 Å². The Morgan fingerprint density at radius 2 is 2.18 bits per heavy atom. The van der Waals surface area contributed by atoms with Crippen molar-refractivity contribution < 1.29 is 18.8 Å². The molecule has 0 bridgehead atoms. The number of likely N-dealkylation sites (tertiary alicyclic amines) is 1. The lowest BCUT2D eigenvalue weighted by Gasteiger charge is -2.40. The molecule has 1 fully saturated rings. The van der Waals surface area contributed by atoms with E-state index < -0.39 is 33.3 Å². The van der Waals surface area contributed by atoms with Crippen molar-refractivity contribution in [3.05, 3.63) is 49.3 Å². The summed E-state index contributed by atoms with van der Waals surface area (Å²) in [5.41, 5.74) is -1.23. The second kappa shape index (κ2) is 10.2. The zero-order valence-electron chi connectivity index (χ0n) is 18.8. The van der Waals surface area contributed by atoms with Crippen LogP contribution in [0.15, 0.2) is 23.2 Å². The van der Waals surface area contributed by atoms with E-state index in [9.17, 15) is 19.3 Å². The van der Waals surface area contributed by atoms with Crippen LogP contribution in [0.5, 0.6) is 0 Å². The molecule has 0 aliphatic carbocycles. The van der Waals surface area contributed by atoms with Crippen molar-refractivity contribution in [2.24, 2.45) is 0 Å². The van der Waals surface area contributed by atoms with Crippen LogP contribution in [-0.2, 0) is 4.74 Å². The molecule has 2 heterocycles. The average Bonchev–Trinajstić information content (AvgIpc) is 2.72. The van der Waals surface area contributed by atoms with Crippen molar-refractivity contribution in [2.75, 3.05) is 11.9 Å². The summed E-state index contributed by atoms with van der Waals surface area (Å²) in [7, 11) is 0. The fourth-order valence-corrected chi connectivity index (χ4v) is 4.69. The predicted molar refractivity (Wildman–Crippen MR) is 134 cm³/mol. The average molecular weight is 578 g/mol. The van der Waals surface area contributed by atoms with Gasteiger partial charge in [0.2, 0.25) is 5.15 Å². The number of fused-ring (bicyclic) bond motifs is 1. The van der Waals surface area contributed by atoms with Crippen molar-refractivity contribution in [1.29, 1.82) is 0 Å². The lowest BCUT2D eigenvalue weighted by molar-refractivity contribution is -0.384. The standard InChI is InChI=1S/C22H24BrCl2FN4O4/c1-5-6-12-9-11(7-8-29(12)21(31)34-22(2,3)4)27-18-13-10-14(24)15(23)16(26)17(13)28-20(25)19(18)30(32)33/h5,10-12H,1,6-9H2,2-4H3,(H,27,28). The minimum absolute atomic E-state index is 0.0123. The maximum absolute atomic E-state index is 14.8. The van der Waals surface area contributed by atoms with Crippen LogP contribution in [0, 0.1) is 15.9 Å². The van der Waals surface area contributed by atoms with E-state index in [4.69, 9.17) is 27.9 Å². The normalized spacial score (nSPS) is 18.6. The summed E-state index contributed by atoms with van der Waals surface area (Å²) in [5.74, 6) is -0.772. The van der Waals surface area contributed by atoms with Crippen LogP contribution >= 0.6 is 39.1 Å². The number of nitrogens with zero attached hydrogens (tertiary/aromatic N) is 3. The number of ether oxygens (including phenoxy) is 1. The van der Waals surface area contributed by atoms with Crippen LogP contribution in [0.25, 0.3) is 10.9 Å². The lowest BCUT2D eigenvalue weighted by Crippen LogP contribution is -2.50. The van der Waals surface area contributed by atoms with E-state index in [1.807, 2.05) is 0 Å². The summed E-state index contributed by atoms with van der Waals surface area (Å²) in [5, 5.41) is 14.7. The summed E-state index contributed by atoms with van der Waals surface area (Å²) in [6.07, 6.45) is 2.71. The van der Waals surface area contributed by atoms with Crippen LogP contribution < -0.4 is 5.32 Å². The number of pyridine rings is 1. The van der Waals surface area contributed by atoms with Crippen LogP contribution in [0.4, 0.5) is 20.6 Å². The minimum Gasteiger partial charge on any atom is -0.444 e. The Labute approximate surface area is 214 Å². The Kier molecular flexibility index (Phi) is 7.94. The third-order valence-electron chi connectivity index (χ3n) is 5.36. The Bertz CT molecular complexity index is 1160. The molecule has 0 spiro atoms. The van der Waals surface area contributed by atoms with Crippen molar-refractivity contribution >= 4 is 67.5 Å². The number of hydrogen-bond donors (Lipinski definition) is 1. The fourth-order valence-electron chi connectivity index (χ4n) is 3.94. The molecule has 1 aromatic carbocycles. The molecule has 184 valence electrons. The number of aromatic nitrogens is 1. The molecule has 1 saturated heterocycles. The molecule has 2 aromatic rings. The Hall–Kier alpha value is -2.17. The van der Waals surface area contributed by atoms with Gasteiger partial charge in [0.1, 0.15) is 16.8 Å². The van der Waals surface area contributed by atoms with Gasteiger partial charge in [-0.2, -0.15) is 0 Å². The summed E-state index contributed by atoms with van der Waals surface area (Å²) >= 11 is 15.3. The highest BCUT2D eigenvalue weighted by atomic mass is 79.9. The van der Waals surface area contributed by atoms with Crippen molar-refractivity contribution in [2.45, 2.75) is 57.7 Å². The van der Waals surface area contributed by atoms with Crippen molar-refractivity contribution in [3.63, 3.8) is 0 Å². The molecule has 12 heteroatoms. The molecule has 1 N–H and O–H groups in total. The van der Waals surface area contributed by atoms with Crippen LogP contribution in [0.3, 0.4) is 0 Å². The van der Waals surface area contributed by atoms with E-state index in [2.05, 4.69) is 32.8 Å². The monoisotopic (exact) mass is 576 g/mol. The molecule has 1 aliphatic heterocycles. The SMILES string of the molecule is C=CCC1CC(Nc2c([N+](=O)[O-])c(Cl)nc3c(F)c(Br)c(Cl)cc23)CCN1C(=O)OC(C)(C)C. The van der Waals surface area contributed by atoms with Gasteiger partial charge in [-0.25, -0.2) is 14.2 Å². The smallest absolute Gasteiger partial charge is 0.410 e. The van der Waals surface area contributed by atoms with Crippen molar-refractivity contribution in [3.8, 4) is 0 Å². The second-order valence-electron chi connectivity index (χ2n) is 8.98. The Balaban J connectivity index is 1.99. The Morgan fingerprint density at radius 3 is 2.76 bits per heavy atom. The number of nitro groups is 1. The molecule has 0 radical (unpaired) electrons. The van der Waals surface area contributed by atoms with Gasteiger partial charge in [0.05, 0.1) is 14.4 Å². The molecule has 1 aliphatic rings. The molecular weight excluding hydrogens is 554 g/mol. The summed E-state index contributed by atoms with van der Waals surface area (Å²) in [6.45, 7) is 9.51. The number of benzene rings is 1. The van der Waals surface area contributed by atoms with Gasteiger partial charge in [0.15, 0.2) is 5.82 Å². The first-order chi connectivity index (χ1) is 15.8. The number of rotatable bonds is 5. The lowest BCUT2D eigenvalue weighted by atomic mass is 9.94. The topological polar surface area (TPSA) is 97.6 Å². The molecule has 2 atom stereocenters. The minimum atomic E-state index is -0.772. The molecule has 0 saturated carbocycles. The van der Waals surface area contributed by atoms with Gasteiger partial charge in [-0.1, -0.05) is 29.3 Å². The van der Waals surface area contributed by atoms with Gasteiger partial charge in [0, 0.05) is 24.0 Å². The third kappa shape index (κ3) is 5.55. The van der Waals surface area contributed by atoms with Gasteiger partial charge in [-0.15, -0.1) is 6.58 Å². The van der Waals surface area contributed by atoms with E-state index in [0.717, 1.165) is 0 Å². The molecule has 8 nitrogen and oxygen atoms in total. The van der Waals surface area contributed by atoms with Gasteiger partial charge in [-0.05, 0) is 62.0 Å². The number of carbonyl (C=O) groups excluding carboxylic acids is 1. The highest BCUT2D eigenvalue weighted by Crippen LogP contribution is 2.42. The molecular formula is C22H24BrCl2FN4O4. The van der Waals surface area contributed by atoms with Gasteiger partial charge < -0.3 is 15.0 Å². The molecule has 3 rings (SSSR count). The number of piperidine rings is 1. The maximum Gasteiger partial charge on any atom is 0.410 e. The number of anilines is 1. The highest BCUT2D eigenvalue weighted by Gasteiger charge is 2.35. The summed E-state index contributed by atoms with van der Waals surface area (Å²) in [6, 6.07) is 0.880. The van der Waals surface area contributed by atoms with Gasteiger partial charge in [-0.3, -0.25) is 10.1 Å². The van der Waals surface area contributed by atoms with Gasteiger partial charge in [0.25, 0.3) is 0 Å². The number of halogens is 4. The third-order valence-corrected chi connectivity index (χ3v) is 6.93. The van der Waals surface area contributed by atoms with Crippen LogP contribution in [-0.4, -0.2) is 45.1 Å². The van der Waals surface area contributed by atoms with E-state index in [-0.39, 0.29) is 38.2 Å². The van der Waals surface area contributed by atoms with Gasteiger partial charge >= 0.3 is 11.8 Å². The van der Waals surface area contributed by atoms with E-state index in [0.29, 0.717) is 25.8 Å². The number of hydrogen-bond acceptors (Lipinski definition) is 6. The molecule has 2 unspecified atom stereocenters. The fraction of sp³-hybridized carbons (Fsp3) is 0.455. The molecule has 1 amide bonds. The zero-order valence-corrected chi connectivity index (χ0v) is 21.9. The van der Waals surface area contributed by atoms with Crippen LogP contribution in [0.1, 0.15) is 40.0 Å². The highest BCUT2D eigenvalue weighted by molar-refractivity contribution is 9.10. The zero-order chi connectivity index (χ0) is 25.4. The van der Waals surface area contributed by atoms with Crippen molar-refractivity contribution in [1.82, 2.24) is 9.88 Å². The first kappa shape index (κ1) is 26.4. The maximum atomic E-state index is 14.8. The number of carbonyl (C=O) groups is 1. The summed E-state index contributed by atoms with van der Waals surface area (Å²) in [4.78, 5) is 29.4. The second-order valence-corrected chi connectivity index (χ2v) is 10.5. The largest absolute Gasteiger partial charge is 0.444 e. The van der Waals surface area contributed by atoms with E-state index in [1.165, 1.54) is 6.07 Å². The molecule has 34 heavy (non-hydrogen) atoms.